The number of nitrogens with zero attached hydrogens (tertiary/aromatic N) is 1. The fourth-order valence-electron chi connectivity index (χ4n) is 3.11. The number of nitrogens with one attached hydrogen (secondary N) is 2. The molecule has 18 heavy (non-hydrogen) atoms. The van der Waals surface area contributed by atoms with Gasteiger partial charge in [0.2, 0.25) is 0 Å². The van der Waals surface area contributed by atoms with Crippen LogP contribution in [0.25, 0.3) is 0 Å². The van der Waals surface area contributed by atoms with Gasteiger partial charge in [0.25, 0.3) is 0 Å². The van der Waals surface area contributed by atoms with Crippen LogP contribution in [0.5, 0.6) is 0 Å². The first-order valence-electron chi connectivity index (χ1n) is 7.49. The standard InChI is InChI=1S/C14H27N3O/c1-15-9-6-12-7-10-17(11-8-12)14(18)16-13-4-2-3-5-13/h12-13,15H,2-11H2,1H3,(H,16,18). The molecule has 4 nitrogen and oxygen atoms in total. The number of carbonyl (C=O) groups excluding carboxylic acids is 1. The monoisotopic (exact) mass is 253 g/mol. The average molecular weight is 253 g/mol. The summed E-state index contributed by atoms with van der Waals surface area (Å²) in [6, 6.07) is 0.619. The Balaban J connectivity index is 1.66. The van der Waals surface area contributed by atoms with Gasteiger partial charge in [-0.05, 0) is 51.6 Å². The SMILES string of the molecule is CNCCC1CCN(C(=O)NC2CCCC2)CC1. The van der Waals surface area contributed by atoms with Crippen molar-refractivity contribution in [1.82, 2.24) is 15.5 Å². The number of likely N-dealkylation sites (tertiary alicyclic amines) is 1. The highest BCUT2D eigenvalue weighted by atomic mass is 16.2. The van der Waals surface area contributed by atoms with Crippen LogP contribution in [0.1, 0.15) is 44.9 Å². The first kappa shape index (κ1) is 13.7. The Hall–Kier alpha value is -0.770. The first-order valence-corrected chi connectivity index (χ1v) is 7.49. The van der Waals surface area contributed by atoms with Gasteiger partial charge in [-0.25, -0.2) is 4.79 Å². The third-order valence-electron chi connectivity index (χ3n) is 4.39. The summed E-state index contributed by atoms with van der Waals surface area (Å²) >= 11 is 0. The first-order chi connectivity index (χ1) is 8.79. The van der Waals surface area contributed by atoms with Gasteiger partial charge in [-0.15, -0.1) is 0 Å². The van der Waals surface area contributed by atoms with Crippen molar-refractivity contribution in [2.75, 3.05) is 26.7 Å². The number of hydrogen-bond acceptors (Lipinski definition) is 2. The summed E-state index contributed by atoms with van der Waals surface area (Å²) in [7, 11) is 2.00. The highest BCUT2D eigenvalue weighted by Gasteiger charge is 2.24. The van der Waals surface area contributed by atoms with Crippen molar-refractivity contribution >= 4 is 6.03 Å². The molecule has 2 rings (SSSR count). The minimum Gasteiger partial charge on any atom is -0.335 e. The van der Waals surface area contributed by atoms with Crippen molar-refractivity contribution in [1.29, 1.82) is 0 Å². The summed E-state index contributed by atoms with van der Waals surface area (Å²) in [6.07, 6.45) is 8.47. The predicted octanol–water partition coefficient (Wildman–Crippen LogP) is 1.96. The number of carbonyl (C=O) groups is 1. The molecule has 2 aliphatic rings. The van der Waals surface area contributed by atoms with Crippen molar-refractivity contribution < 1.29 is 4.79 Å². The number of urea groups is 1. The van der Waals surface area contributed by atoms with Gasteiger partial charge >= 0.3 is 6.03 Å². The smallest absolute Gasteiger partial charge is 0.317 e. The van der Waals surface area contributed by atoms with Gasteiger partial charge in [-0.1, -0.05) is 12.8 Å². The zero-order valence-electron chi connectivity index (χ0n) is 11.6. The molecule has 4 heteroatoms. The normalized spacial score (nSPS) is 22.4. The molecule has 0 atom stereocenters. The van der Waals surface area contributed by atoms with E-state index in [2.05, 4.69) is 10.6 Å². The summed E-state index contributed by atoms with van der Waals surface area (Å²) in [6.45, 7) is 2.97. The second-order valence-corrected chi connectivity index (χ2v) is 5.75. The Morgan fingerprint density at radius 3 is 2.44 bits per heavy atom. The summed E-state index contributed by atoms with van der Waals surface area (Å²) < 4.78 is 0. The Kier molecular flexibility index (Phi) is 5.29. The van der Waals surface area contributed by atoms with Crippen LogP contribution in [0, 0.1) is 5.92 Å². The Morgan fingerprint density at radius 2 is 1.83 bits per heavy atom. The van der Waals surface area contributed by atoms with Crippen molar-refractivity contribution in [2.45, 2.75) is 51.0 Å². The quantitative estimate of drug-likeness (QED) is 0.804. The minimum atomic E-state index is 0.175. The van der Waals surface area contributed by atoms with Gasteiger partial charge in [-0.3, -0.25) is 0 Å². The van der Waals surface area contributed by atoms with Crippen LogP contribution in [0.3, 0.4) is 0 Å². The van der Waals surface area contributed by atoms with Gasteiger partial charge in [0, 0.05) is 19.1 Å². The third kappa shape index (κ3) is 3.87. The zero-order valence-corrected chi connectivity index (χ0v) is 11.6. The van der Waals surface area contributed by atoms with Crippen LogP contribution in [-0.4, -0.2) is 43.7 Å². The zero-order chi connectivity index (χ0) is 12.8. The van der Waals surface area contributed by atoms with Crippen LogP contribution in [0.4, 0.5) is 4.79 Å². The molecule has 0 bridgehead atoms. The van der Waals surface area contributed by atoms with E-state index in [1.54, 1.807) is 0 Å². The second-order valence-electron chi connectivity index (χ2n) is 5.75. The minimum absolute atomic E-state index is 0.175. The molecular weight excluding hydrogens is 226 g/mol. The highest BCUT2D eigenvalue weighted by Crippen LogP contribution is 2.21. The number of piperidine rings is 1. The largest absolute Gasteiger partial charge is 0.335 e. The molecule has 0 spiro atoms. The Bertz CT molecular complexity index is 256. The van der Waals surface area contributed by atoms with Crippen LogP contribution in [0.15, 0.2) is 0 Å². The predicted molar refractivity (Wildman–Crippen MR) is 73.6 cm³/mol. The van der Waals surface area contributed by atoms with Crippen molar-refractivity contribution in [3.05, 3.63) is 0 Å². The van der Waals surface area contributed by atoms with E-state index in [0.717, 1.165) is 25.6 Å². The van der Waals surface area contributed by atoms with Crippen LogP contribution in [0.2, 0.25) is 0 Å². The molecule has 104 valence electrons. The second kappa shape index (κ2) is 6.98. The van der Waals surface area contributed by atoms with Crippen LogP contribution < -0.4 is 10.6 Å². The van der Waals surface area contributed by atoms with Crippen LogP contribution >= 0.6 is 0 Å². The fourth-order valence-corrected chi connectivity index (χ4v) is 3.11. The van der Waals surface area contributed by atoms with Crippen molar-refractivity contribution in [2.24, 2.45) is 5.92 Å². The molecule has 2 N–H and O–H groups in total. The molecule has 1 aliphatic heterocycles. The molecule has 0 aromatic carbocycles. The van der Waals surface area contributed by atoms with Gasteiger partial charge in [0.1, 0.15) is 0 Å². The lowest BCUT2D eigenvalue weighted by atomic mass is 9.94. The van der Waals surface area contributed by atoms with Gasteiger partial charge in [-0.2, -0.15) is 0 Å². The Morgan fingerprint density at radius 1 is 1.17 bits per heavy atom. The van der Waals surface area contributed by atoms with E-state index >= 15 is 0 Å². The van der Waals surface area contributed by atoms with Crippen molar-refractivity contribution in [3.8, 4) is 0 Å². The lowest BCUT2D eigenvalue weighted by molar-refractivity contribution is 0.165. The maximum Gasteiger partial charge on any atom is 0.317 e. The molecule has 2 fully saturated rings. The molecule has 0 radical (unpaired) electrons. The van der Waals surface area contributed by atoms with E-state index in [4.69, 9.17) is 0 Å². The Labute approximate surface area is 110 Å². The lowest BCUT2D eigenvalue weighted by Gasteiger charge is -2.32. The number of amides is 2. The van der Waals surface area contributed by atoms with Crippen molar-refractivity contribution in [3.63, 3.8) is 0 Å². The topological polar surface area (TPSA) is 44.4 Å². The molecule has 1 saturated heterocycles. The van der Waals surface area contributed by atoms with E-state index in [0.29, 0.717) is 6.04 Å². The molecule has 0 aromatic heterocycles. The van der Waals surface area contributed by atoms with E-state index in [9.17, 15) is 4.79 Å². The molecule has 1 saturated carbocycles. The number of rotatable bonds is 4. The van der Waals surface area contributed by atoms with Gasteiger partial charge < -0.3 is 15.5 Å². The average Bonchev–Trinajstić information content (AvgIpc) is 2.89. The molecule has 1 aliphatic carbocycles. The lowest BCUT2D eigenvalue weighted by Crippen LogP contribution is -2.47. The summed E-state index contributed by atoms with van der Waals surface area (Å²) in [4.78, 5) is 14.1. The van der Waals surface area contributed by atoms with Gasteiger partial charge in [0.15, 0.2) is 0 Å². The molecule has 1 heterocycles. The maximum absolute atomic E-state index is 12.1. The third-order valence-corrected chi connectivity index (χ3v) is 4.39. The summed E-state index contributed by atoms with van der Waals surface area (Å²) in [5, 5.41) is 6.39. The van der Waals surface area contributed by atoms with E-state index in [-0.39, 0.29) is 6.03 Å². The van der Waals surface area contributed by atoms with E-state index < -0.39 is 0 Å². The van der Waals surface area contributed by atoms with Gasteiger partial charge in [0.05, 0.1) is 0 Å². The molecular formula is C14H27N3O. The highest BCUT2D eigenvalue weighted by molar-refractivity contribution is 5.74. The summed E-state index contributed by atoms with van der Waals surface area (Å²) in [5.41, 5.74) is 0. The maximum atomic E-state index is 12.1. The molecule has 0 aromatic rings. The van der Waals surface area contributed by atoms with E-state index in [1.807, 2.05) is 11.9 Å². The molecule has 0 unspecified atom stereocenters. The fraction of sp³-hybridized carbons (Fsp3) is 0.929. The molecule has 2 amide bonds. The van der Waals surface area contributed by atoms with E-state index in [1.165, 1.54) is 44.9 Å². The number of hydrogen-bond donors (Lipinski definition) is 2. The summed E-state index contributed by atoms with van der Waals surface area (Å²) in [5.74, 6) is 0.799. The van der Waals surface area contributed by atoms with Crippen LogP contribution in [-0.2, 0) is 0 Å².